The molecule has 0 aliphatic carbocycles. The van der Waals surface area contributed by atoms with Crippen molar-refractivity contribution in [2.75, 3.05) is 0 Å². The maximum atomic E-state index is 5.57. The summed E-state index contributed by atoms with van der Waals surface area (Å²) in [5.41, 5.74) is 1.51. The van der Waals surface area contributed by atoms with Crippen LogP contribution in [0.3, 0.4) is 0 Å². The SMILES string of the molecule is Cc1[nH]c(S)nc1C(Cl)Cl.[Co+2]. The molecule has 2 nitrogen and oxygen atoms in total. The first-order valence-corrected chi connectivity index (χ1v) is 3.97. The van der Waals surface area contributed by atoms with Crippen LogP contribution in [0.4, 0.5) is 0 Å². The molecule has 0 saturated carbocycles. The van der Waals surface area contributed by atoms with Gasteiger partial charge in [-0.3, -0.25) is 0 Å². The van der Waals surface area contributed by atoms with E-state index in [1.165, 1.54) is 0 Å². The fourth-order valence-electron chi connectivity index (χ4n) is 0.670. The predicted molar refractivity (Wildman–Crippen MR) is 45.0 cm³/mol. The number of hydrogen-bond acceptors (Lipinski definition) is 2. The molecule has 0 spiro atoms. The normalized spacial score (nSPS) is 9.91. The maximum absolute atomic E-state index is 5.57. The van der Waals surface area contributed by atoms with Crippen LogP contribution in [0.25, 0.3) is 0 Å². The topological polar surface area (TPSA) is 28.7 Å². The molecule has 0 unspecified atom stereocenters. The van der Waals surface area contributed by atoms with Crippen LogP contribution in [-0.2, 0) is 16.8 Å². The van der Waals surface area contributed by atoms with Gasteiger partial charge in [-0.15, -0.1) is 12.6 Å². The largest absolute Gasteiger partial charge is 2.00 e. The van der Waals surface area contributed by atoms with Gasteiger partial charge in [0, 0.05) is 5.69 Å². The van der Waals surface area contributed by atoms with E-state index < -0.39 is 4.84 Å². The Morgan fingerprint density at radius 2 is 2.09 bits per heavy atom. The summed E-state index contributed by atoms with van der Waals surface area (Å²) >= 11 is 15.1. The smallest absolute Gasteiger partial charge is 0.337 e. The average molecular weight is 256 g/mol. The number of halogens is 2. The zero-order valence-electron chi connectivity index (χ0n) is 5.56. The van der Waals surface area contributed by atoms with Gasteiger partial charge in [0.25, 0.3) is 0 Å². The molecule has 0 bridgehead atoms. The minimum Gasteiger partial charge on any atom is -0.337 e. The molecule has 0 aliphatic heterocycles. The predicted octanol–water partition coefficient (Wildman–Crippen LogP) is 2.48. The molecule has 6 heteroatoms. The summed E-state index contributed by atoms with van der Waals surface area (Å²) in [5.74, 6) is 0. The number of imidazole rings is 1. The van der Waals surface area contributed by atoms with Crippen molar-refractivity contribution in [2.45, 2.75) is 16.9 Å². The van der Waals surface area contributed by atoms with Gasteiger partial charge in [-0.2, -0.15) is 0 Å². The van der Waals surface area contributed by atoms with E-state index in [2.05, 4.69) is 22.6 Å². The first-order valence-electron chi connectivity index (χ1n) is 2.65. The van der Waals surface area contributed by atoms with E-state index in [9.17, 15) is 0 Å². The molecule has 1 radical (unpaired) electrons. The molecule has 1 N–H and O–H groups in total. The quantitative estimate of drug-likeness (QED) is 0.586. The summed E-state index contributed by atoms with van der Waals surface area (Å²) in [6.07, 6.45) is 0. The van der Waals surface area contributed by atoms with E-state index in [-0.39, 0.29) is 16.8 Å². The third kappa shape index (κ3) is 2.87. The third-order valence-electron chi connectivity index (χ3n) is 1.12. The molecule has 1 aromatic rings. The van der Waals surface area contributed by atoms with Gasteiger partial charge in [-0.25, -0.2) is 4.98 Å². The van der Waals surface area contributed by atoms with Crippen LogP contribution in [0, 0.1) is 6.92 Å². The van der Waals surface area contributed by atoms with Crippen LogP contribution in [0.5, 0.6) is 0 Å². The number of thiol groups is 1. The molecule has 0 amide bonds. The second kappa shape index (κ2) is 4.62. The van der Waals surface area contributed by atoms with Crippen LogP contribution in [-0.4, -0.2) is 9.97 Å². The molecule has 0 aromatic carbocycles. The van der Waals surface area contributed by atoms with Crippen molar-refractivity contribution in [1.29, 1.82) is 0 Å². The van der Waals surface area contributed by atoms with E-state index in [0.717, 1.165) is 5.69 Å². The Kier molecular flexibility index (Phi) is 4.89. The van der Waals surface area contributed by atoms with Crippen molar-refractivity contribution in [3.8, 4) is 0 Å². The average Bonchev–Trinajstić information content (AvgIpc) is 2.10. The molecule has 0 fully saturated rings. The van der Waals surface area contributed by atoms with Crippen molar-refractivity contribution in [1.82, 2.24) is 9.97 Å². The van der Waals surface area contributed by atoms with Gasteiger partial charge in [-0.05, 0) is 6.92 Å². The fourth-order valence-corrected chi connectivity index (χ4v) is 1.37. The van der Waals surface area contributed by atoms with Gasteiger partial charge < -0.3 is 4.98 Å². The number of aromatic nitrogens is 2. The van der Waals surface area contributed by atoms with Gasteiger partial charge in [0.05, 0.1) is 5.69 Å². The summed E-state index contributed by atoms with van der Waals surface area (Å²) in [7, 11) is 0. The number of hydrogen-bond donors (Lipinski definition) is 2. The molecule has 0 atom stereocenters. The van der Waals surface area contributed by atoms with Crippen molar-refractivity contribution in [3.63, 3.8) is 0 Å². The summed E-state index contributed by atoms with van der Waals surface area (Å²) in [6, 6.07) is 0. The number of aromatic amines is 1. The minimum atomic E-state index is -0.572. The Balaban J connectivity index is 0.000001000. The van der Waals surface area contributed by atoms with Gasteiger partial charge in [0.15, 0.2) is 9.99 Å². The van der Waals surface area contributed by atoms with Gasteiger partial charge in [0.2, 0.25) is 0 Å². The van der Waals surface area contributed by atoms with Crippen LogP contribution >= 0.6 is 35.8 Å². The Bertz CT molecular complexity index is 238. The summed E-state index contributed by atoms with van der Waals surface area (Å²) in [4.78, 5) is 6.26. The molecule has 1 rings (SSSR count). The molecular formula is C5H6Cl2CoN2S+2. The molecule has 63 valence electrons. The van der Waals surface area contributed by atoms with Gasteiger partial charge in [0.1, 0.15) is 0 Å². The summed E-state index contributed by atoms with van der Waals surface area (Å²) in [5, 5.41) is 0.541. The van der Waals surface area contributed by atoms with Crippen molar-refractivity contribution < 1.29 is 16.8 Å². The number of H-pyrrole nitrogens is 1. The van der Waals surface area contributed by atoms with Crippen LogP contribution < -0.4 is 0 Å². The second-order valence-electron chi connectivity index (χ2n) is 1.87. The molecule has 0 saturated heterocycles. The van der Waals surface area contributed by atoms with Crippen LogP contribution in [0.2, 0.25) is 0 Å². The summed E-state index contributed by atoms with van der Waals surface area (Å²) in [6.45, 7) is 1.85. The first-order chi connectivity index (χ1) is 4.61. The third-order valence-corrected chi connectivity index (χ3v) is 1.74. The van der Waals surface area contributed by atoms with E-state index in [1.54, 1.807) is 0 Å². The molecular weight excluding hydrogens is 250 g/mol. The van der Waals surface area contributed by atoms with Crippen molar-refractivity contribution in [3.05, 3.63) is 11.4 Å². The fraction of sp³-hybridized carbons (Fsp3) is 0.400. The van der Waals surface area contributed by atoms with Crippen LogP contribution in [0.1, 0.15) is 16.2 Å². The first kappa shape index (κ1) is 11.6. The minimum absolute atomic E-state index is 0. The second-order valence-corrected chi connectivity index (χ2v) is 3.39. The Labute approximate surface area is 90.7 Å². The molecule has 11 heavy (non-hydrogen) atoms. The Morgan fingerprint density at radius 1 is 1.55 bits per heavy atom. The van der Waals surface area contributed by atoms with E-state index in [0.29, 0.717) is 10.9 Å². The zero-order valence-corrected chi connectivity index (χ0v) is 9.01. The number of alkyl halides is 2. The maximum Gasteiger partial charge on any atom is 2.00 e. The van der Waals surface area contributed by atoms with Crippen molar-refractivity contribution in [2.24, 2.45) is 0 Å². The number of nitrogens with zero attached hydrogens (tertiary/aromatic N) is 1. The standard InChI is InChI=1S/C5H6Cl2N2S.Co/c1-2-3(4(6)7)9-5(10)8-2;/h4H,1H3,(H2,8,9,10);/q;+2. The van der Waals surface area contributed by atoms with Gasteiger partial charge in [-0.1, -0.05) is 23.2 Å². The molecule has 1 aromatic heterocycles. The van der Waals surface area contributed by atoms with E-state index >= 15 is 0 Å². The molecule has 1 heterocycles. The number of aryl methyl sites for hydroxylation is 1. The molecule has 0 aliphatic rings. The van der Waals surface area contributed by atoms with E-state index in [4.69, 9.17) is 23.2 Å². The Hall–Kier alpha value is 0.646. The Morgan fingerprint density at radius 3 is 2.27 bits per heavy atom. The number of rotatable bonds is 1. The monoisotopic (exact) mass is 255 g/mol. The van der Waals surface area contributed by atoms with Crippen LogP contribution in [0.15, 0.2) is 5.16 Å². The van der Waals surface area contributed by atoms with E-state index in [1.807, 2.05) is 6.92 Å². The summed E-state index contributed by atoms with van der Waals surface area (Å²) < 4.78 is 0. The van der Waals surface area contributed by atoms with Crippen molar-refractivity contribution >= 4 is 35.8 Å². The number of nitrogens with one attached hydrogen (secondary N) is 1. The zero-order chi connectivity index (χ0) is 7.72. The van der Waals surface area contributed by atoms with Gasteiger partial charge >= 0.3 is 16.8 Å².